The van der Waals surface area contributed by atoms with Crippen LogP contribution in [0.15, 0.2) is 48.5 Å². The van der Waals surface area contributed by atoms with E-state index in [-0.39, 0.29) is 23.7 Å². The molecule has 2 aromatic rings. The van der Waals surface area contributed by atoms with Gasteiger partial charge in [-0.05, 0) is 35.4 Å². The van der Waals surface area contributed by atoms with E-state index in [9.17, 15) is 13.6 Å². The molecule has 0 atom stereocenters. The average Bonchev–Trinajstić information content (AvgIpc) is 2.49. The van der Waals surface area contributed by atoms with Crippen molar-refractivity contribution >= 4 is 16.8 Å². The molecule has 0 unspecified atom stereocenters. The molecule has 2 rings (SSSR count). The molecule has 0 saturated carbocycles. The zero-order valence-corrected chi connectivity index (χ0v) is 12.2. The van der Waals surface area contributed by atoms with Gasteiger partial charge in [0.15, 0.2) is 11.5 Å². The molecule has 0 aliphatic rings. The normalized spacial score (nSPS) is 10.5. The van der Waals surface area contributed by atoms with Gasteiger partial charge >= 0.3 is 6.61 Å². The zero-order chi connectivity index (χ0) is 15.9. The lowest BCUT2D eigenvalue weighted by atomic mass is 10.2. The van der Waals surface area contributed by atoms with Crippen molar-refractivity contribution in [2.75, 3.05) is 6.61 Å². The Morgan fingerprint density at radius 2 is 1.82 bits per heavy atom. The van der Waals surface area contributed by atoms with Crippen LogP contribution in [0.25, 0.3) is 0 Å². The molecule has 22 heavy (non-hydrogen) atoms. The van der Waals surface area contributed by atoms with Crippen LogP contribution in [0, 0.1) is 0 Å². The second kappa shape index (κ2) is 7.75. The lowest BCUT2D eigenvalue weighted by molar-refractivity contribution is -0.0514. The van der Waals surface area contributed by atoms with Gasteiger partial charge in [-0.2, -0.15) is 8.78 Å². The fourth-order valence-electron chi connectivity index (χ4n) is 1.86. The Morgan fingerprint density at radius 1 is 1.09 bits per heavy atom. The van der Waals surface area contributed by atoms with Crippen LogP contribution in [0.1, 0.15) is 15.9 Å². The minimum atomic E-state index is -2.98. The van der Waals surface area contributed by atoms with E-state index in [1.807, 2.05) is 30.3 Å². The maximum Gasteiger partial charge on any atom is 0.387 e. The first-order chi connectivity index (χ1) is 10.6. The summed E-state index contributed by atoms with van der Waals surface area (Å²) in [5, 5.41) is -0.698. The molecule has 0 N–H and O–H groups in total. The summed E-state index contributed by atoms with van der Waals surface area (Å²) in [6.45, 7) is -2.72. The van der Waals surface area contributed by atoms with E-state index in [0.717, 1.165) is 5.56 Å². The lowest BCUT2D eigenvalue weighted by Crippen LogP contribution is -2.07. The highest BCUT2D eigenvalue weighted by Gasteiger charge is 2.14. The molecule has 0 spiro atoms. The predicted molar refractivity (Wildman–Crippen MR) is 78.9 cm³/mol. The minimum absolute atomic E-state index is 0.0581. The number of hydrogen-bond acceptors (Lipinski definition) is 3. The molecule has 116 valence electrons. The molecule has 0 saturated heterocycles. The van der Waals surface area contributed by atoms with Gasteiger partial charge in [-0.3, -0.25) is 4.79 Å². The molecule has 6 heteroatoms. The number of alkyl halides is 2. The molecule has 0 aliphatic carbocycles. The first-order valence-corrected chi connectivity index (χ1v) is 6.89. The average molecular weight is 327 g/mol. The third kappa shape index (κ3) is 4.70. The standard InChI is InChI=1S/C16H13ClF2O3/c17-15(20)12-6-7-13(22-16(18)19)14(10-12)21-9-8-11-4-2-1-3-5-11/h1-7,10,16H,8-9H2. The Hall–Kier alpha value is -2.14. The molecule has 0 aromatic heterocycles. The van der Waals surface area contributed by atoms with Crippen LogP contribution in [-0.4, -0.2) is 18.5 Å². The van der Waals surface area contributed by atoms with E-state index >= 15 is 0 Å². The second-order valence-corrected chi connectivity index (χ2v) is 4.74. The molecule has 0 heterocycles. The quantitative estimate of drug-likeness (QED) is 0.712. The van der Waals surface area contributed by atoms with Gasteiger partial charge in [0.05, 0.1) is 6.61 Å². The SMILES string of the molecule is O=C(Cl)c1ccc(OC(F)F)c(OCCc2ccccc2)c1. The summed E-state index contributed by atoms with van der Waals surface area (Å²) in [6.07, 6.45) is 0.591. The number of ether oxygens (including phenoxy) is 2. The van der Waals surface area contributed by atoms with Crippen LogP contribution in [0.4, 0.5) is 8.78 Å². The Kier molecular flexibility index (Phi) is 5.72. The Balaban J connectivity index is 2.09. The van der Waals surface area contributed by atoms with Gasteiger partial charge in [-0.25, -0.2) is 0 Å². The van der Waals surface area contributed by atoms with Crippen molar-refractivity contribution in [2.24, 2.45) is 0 Å². The second-order valence-electron chi connectivity index (χ2n) is 4.40. The Labute approximate surface area is 131 Å². The third-order valence-electron chi connectivity index (χ3n) is 2.88. The fourth-order valence-corrected chi connectivity index (χ4v) is 1.98. The van der Waals surface area contributed by atoms with E-state index in [1.54, 1.807) is 0 Å². The molecule has 3 nitrogen and oxygen atoms in total. The van der Waals surface area contributed by atoms with Gasteiger partial charge in [0.2, 0.25) is 0 Å². The van der Waals surface area contributed by atoms with Crippen molar-refractivity contribution in [2.45, 2.75) is 13.0 Å². The van der Waals surface area contributed by atoms with Crippen molar-refractivity contribution in [3.63, 3.8) is 0 Å². The maximum absolute atomic E-state index is 12.4. The molecule has 2 aromatic carbocycles. The van der Waals surface area contributed by atoms with Gasteiger partial charge in [-0.1, -0.05) is 30.3 Å². The summed E-state index contributed by atoms with van der Waals surface area (Å²) in [7, 11) is 0. The highest BCUT2D eigenvalue weighted by Crippen LogP contribution is 2.30. The monoisotopic (exact) mass is 326 g/mol. The molecule has 0 fully saturated rings. The van der Waals surface area contributed by atoms with Crippen molar-refractivity contribution in [3.8, 4) is 11.5 Å². The van der Waals surface area contributed by atoms with Crippen LogP contribution >= 0.6 is 11.6 Å². The van der Waals surface area contributed by atoms with E-state index in [4.69, 9.17) is 16.3 Å². The van der Waals surface area contributed by atoms with Crippen LogP contribution < -0.4 is 9.47 Å². The van der Waals surface area contributed by atoms with Gasteiger partial charge in [-0.15, -0.1) is 0 Å². The number of rotatable bonds is 7. The van der Waals surface area contributed by atoms with Crippen LogP contribution in [0.3, 0.4) is 0 Å². The van der Waals surface area contributed by atoms with Gasteiger partial charge < -0.3 is 9.47 Å². The molecule has 0 bridgehead atoms. The van der Waals surface area contributed by atoms with Gasteiger partial charge in [0.25, 0.3) is 5.24 Å². The summed E-state index contributed by atoms with van der Waals surface area (Å²) >= 11 is 5.38. The third-order valence-corrected chi connectivity index (χ3v) is 3.10. The first kappa shape index (κ1) is 16.2. The van der Waals surface area contributed by atoms with E-state index in [0.29, 0.717) is 6.42 Å². The maximum atomic E-state index is 12.4. The zero-order valence-electron chi connectivity index (χ0n) is 11.5. The van der Waals surface area contributed by atoms with Gasteiger partial charge in [0, 0.05) is 12.0 Å². The molecular weight excluding hydrogens is 314 g/mol. The van der Waals surface area contributed by atoms with E-state index in [2.05, 4.69) is 4.74 Å². The summed E-state index contributed by atoms with van der Waals surface area (Å²) < 4.78 is 34.6. The van der Waals surface area contributed by atoms with Crippen LogP contribution in [0.2, 0.25) is 0 Å². The van der Waals surface area contributed by atoms with E-state index in [1.165, 1.54) is 18.2 Å². The Bertz CT molecular complexity index is 633. The molecular formula is C16H13ClF2O3. The first-order valence-electron chi connectivity index (χ1n) is 6.51. The highest BCUT2D eigenvalue weighted by molar-refractivity contribution is 6.67. The molecule has 0 radical (unpaired) electrons. The summed E-state index contributed by atoms with van der Waals surface area (Å²) in [6, 6.07) is 13.4. The molecule has 0 amide bonds. The Morgan fingerprint density at radius 3 is 2.45 bits per heavy atom. The lowest BCUT2D eigenvalue weighted by Gasteiger charge is -2.13. The van der Waals surface area contributed by atoms with Crippen molar-refractivity contribution in [3.05, 3.63) is 59.7 Å². The topological polar surface area (TPSA) is 35.5 Å². The minimum Gasteiger partial charge on any atom is -0.489 e. The fraction of sp³-hybridized carbons (Fsp3) is 0.188. The van der Waals surface area contributed by atoms with Gasteiger partial charge in [0.1, 0.15) is 0 Å². The van der Waals surface area contributed by atoms with Crippen molar-refractivity contribution < 1.29 is 23.0 Å². The predicted octanol–water partition coefficient (Wildman–Crippen LogP) is 4.29. The number of benzene rings is 2. The van der Waals surface area contributed by atoms with Crippen molar-refractivity contribution in [1.29, 1.82) is 0 Å². The summed E-state index contributed by atoms with van der Waals surface area (Å²) in [5.74, 6) is -0.0764. The van der Waals surface area contributed by atoms with Crippen LogP contribution in [-0.2, 0) is 6.42 Å². The smallest absolute Gasteiger partial charge is 0.387 e. The number of carbonyl (C=O) groups excluding carboxylic acids is 1. The summed E-state index contributed by atoms with van der Waals surface area (Å²) in [4.78, 5) is 11.1. The number of hydrogen-bond donors (Lipinski definition) is 0. The van der Waals surface area contributed by atoms with E-state index < -0.39 is 11.9 Å². The summed E-state index contributed by atoms with van der Waals surface area (Å²) in [5.41, 5.74) is 1.20. The largest absolute Gasteiger partial charge is 0.489 e. The highest BCUT2D eigenvalue weighted by atomic mass is 35.5. The number of halogens is 3. The number of carbonyl (C=O) groups is 1. The molecule has 0 aliphatic heterocycles. The van der Waals surface area contributed by atoms with Crippen LogP contribution in [0.5, 0.6) is 11.5 Å². The van der Waals surface area contributed by atoms with Crippen molar-refractivity contribution in [1.82, 2.24) is 0 Å².